The van der Waals surface area contributed by atoms with Crippen molar-refractivity contribution in [1.29, 1.82) is 0 Å². The van der Waals surface area contributed by atoms with E-state index in [4.69, 9.17) is 0 Å². The van der Waals surface area contributed by atoms with Gasteiger partial charge in [0, 0.05) is 18.8 Å². The third-order valence-electron chi connectivity index (χ3n) is 4.45. The standard InChI is InChI=1S/C15H17F3N2O2/c16-15(17,18)11-2-1-3-12(6-11)19-14(22)20-7-9-4-13(21)5-10(9)8-20/h1-3,6,9-10,13,21H,4-5,7-8H2,(H,19,22)/t9-,10+,13?. The zero-order chi connectivity index (χ0) is 15.9. The number of hydrogen-bond donors (Lipinski definition) is 2. The second-order valence-corrected chi connectivity index (χ2v) is 6.06. The molecule has 2 N–H and O–H groups in total. The number of hydrogen-bond acceptors (Lipinski definition) is 2. The highest BCUT2D eigenvalue weighted by molar-refractivity contribution is 5.89. The third kappa shape index (κ3) is 3.04. The fraction of sp³-hybridized carbons (Fsp3) is 0.533. The van der Waals surface area contributed by atoms with Gasteiger partial charge in [0.2, 0.25) is 0 Å². The predicted octanol–water partition coefficient (Wildman–Crippen LogP) is 2.94. The van der Waals surface area contributed by atoms with Gasteiger partial charge in [0.1, 0.15) is 0 Å². The van der Waals surface area contributed by atoms with Gasteiger partial charge in [-0.2, -0.15) is 13.2 Å². The van der Waals surface area contributed by atoms with Crippen LogP contribution in [0.25, 0.3) is 0 Å². The Hall–Kier alpha value is -1.76. The summed E-state index contributed by atoms with van der Waals surface area (Å²) in [6.07, 6.45) is -3.33. The minimum Gasteiger partial charge on any atom is -0.393 e. The minimum absolute atomic E-state index is 0.136. The fourth-order valence-electron chi connectivity index (χ4n) is 3.41. The molecule has 0 aromatic heterocycles. The first-order valence-corrected chi connectivity index (χ1v) is 7.24. The molecule has 1 unspecified atom stereocenters. The van der Waals surface area contributed by atoms with E-state index in [1.54, 1.807) is 4.90 Å². The van der Waals surface area contributed by atoms with Crippen molar-refractivity contribution >= 4 is 11.7 Å². The van der Waals surface area contributed by atoms with Gasteiger partial charge in [-0.05, 0) is 42.9 Å². The van der Waals surface area contributed by atoms with E-state index in [1.807, 2.05) is 0 Å². The molecule has 1 aromatic carbocycles. The zero-order valence-corrected chi connectivity index (χ0v) is 11.8. The predicted molar refractivity (Wildman–Crippen MR) is 74.3 cm³/mol. The van der Waals surface area contributed by atoms with Crippen molar-refractivity contribution in [2.24, 2.45) is 11.8 Å². The number of nitrogens with one attached hydrogen (secondary N) is 1. The van der Waals surface area contributed by atoms with Crippen molar-refractivity contribution in [1.82, 2.24) is 4.90 Å². The highest BCUT2D eigenvalue weighted by Crippen LogP contribution is 2.38. The normalized spacial score (nSPS) is 27.8. The molecule has 120 valence electrons. The molecular formula is C15H17F3N2O2. The molecule has 3 rings (SSSR count). The van der Waals surface area contributed by atoms with Crippen LogP contribution in [0.15, 0.2) is 24.3 Å². The van der Waals surface area contributed by atoms with Gasteiger partial charge >= 0.3 is 12.2 Å². The van der Waals surface area contributed by atoms with Gasteiger partial charge in [-0.25, -0.2) is 4.79 Å². The van der Waals surface area contributed by atoms with Gasteiger partial charge in [-0.1, -0.05) is 6.07 Å². The van der Waals surface area contributed by atoms with E-state index in [0.717, 1.165) is 12.1 Å². The molecule has 1 aliphatic heterocycles. The summed E-state index contributed by atoms with van der Waals surface area (Å²) in [6, 6.07) is 4.22. The van der Waals surface area contributed by atoms with Crippen molar-refractivity contribution in [3.05, 3.63) is 29.8 Å². The van der Waals surface area contributed by atoms with Crippen molar-refractivity contribution in [3.63, 3.8) is 0 Å². The monoisotopic (exact) mass is 314 g/mol. The Labute approximate surface area is 125 Å². The molecule has 1 aliphatic carbocycles. The SMILES string of the molecule is O=C(Nc1cccc(C(F)(F)F)c1)N1C[C@H]2CC(O)C[C@H]2C1. The van der Waals surface area contributed by atoms with Gasteiger partial charge in [-0.15, -0.1) is 0 Å². The number of carbonyl (C=O) groups is 1. The molecule has 0 spiro atoms. The average Bonchev–Trinajstić information content (AvgIpc) is 2.95. The first-order chi connectivity index (χ1) is 10.3. The van der Waals surface area contributed by atoms with Crippen molar-refractivity contribution in [3.8, 4) is 0 Å². The summed E-state index contributed by atoms with van der Waals surface area (Å²) >= 11 is 0. The van der Waals surface area contributed by atoms with E-state index in [2.05, 4.69) is 5.32 Å². The number of fused-ring (bicyclic) bond motifs is 1. The van der Waals surface area contributed by atoms with Crippen LogP contribution in [0.3, 0.4) is 0 Å². The van der Waals surface area contributed by atoms with E-state index in [0.29, 0.717) is 37.8 Å². The maximum absolute atomic E-state index is 12.7. The lowest BCUT2D eigenvalue weighted by molar-refractivity contribution is -0.137. The number of benzene rings is 1. The Morgan fingerprint density at radius 3 is 2.45 bits per heavy atom. The first kappa shape index (κ1) is 15.1. The van der Waals surface area contributed by atoms with Gasteiger partial charge in [0.15, 0.2) is 0 Å². The van der Waals surface area contributed by atoms with Crippen LogP contribution in [-0.4, -0.2) is 35.2 Å². The Balaban J connectivity index is 1.63. The molecule has 4 nitrogen and oxygen atoms in total. The van der Waals surface area contributed by atoms with Crippen LogP contribution in [0.2, 0.25) is 0 Å². The molecule has 3 atom stereocenters. The largest absolute Gasteiger partial charge is 0.416 e. The molecule has 22 heavy (non-hydrogen) atoms. The summed E-state index contributed by atoms with van der Waals surface area (Å²) in [5.41, 5.74) is -0.649. The third-order valence-corrected chi connectivity index (χ3v) is 4.45. The molecule has 1 saturated heterocycles. The van der Waals surface area contributed by atoms with Gasteiger partial charge < -0.3 is 15.3 Å². The number of urea groups is 1. The minimum atomic E-state index is -4.43. The summed E-state index contributed by atoms with van der Waals surface area (Å²) in [6.45, 7) is 1.10. The zero-order valence-electron chi connectivity index (χ0n) is 11.8. The molecular weight excluding hydrogens is 297 g/mol. The maximum Gasteiger partial charge on any atom is 0.416 e. The molecule has 2 amide bonds. The Bertz CT molecular complexity index is 562. The molecule has 0 radical (unpaired) electrons. The van der Waals surface area contributed by atoms with Crippen molar-refractivity contribution in [2.75, 3.05) is 18.4 Å². The summed E-state index contributed by atoms with van der Waals surface area (Å²) < 4.78 is 38.0. The highest BCUT2D eigenvalue weighted by Gasteiger charge is 2.41. The van der Waals surface area contributed by atoms with Crippen molar-refractivity contribution in [2.45, 2.75) is 25.1 Å². The second kappa shape index (κ2) is 5.46. The van der Waals surface area contributed by atoms with Gasteiger partial charge in [0.25, 0.3) is 0 Å². The van der Waals surface area contributed by atoms with E-state index in [-0.39, 0.29) is 17.8 Å². The second-order valence-electron chi connectivity index (χ2n) is 6.06. The number of aliphatic hydroxyl groups is 1. The lowest BCUT2D eigenvalue weighted by Crippen LogP contribution is -2.34. The Morgan fingerprint density at radius 1 is 1.23 bits per heavy atom. The summed E-state index contributed by atoms with van der Waals surface area (Å²) in [7, 11) is 0. The number of halogens is 3. The number of carbonyl (C=O) groups excluding carboxylic acids is 1. The quantitative estimate of drug-likeness (QED) is 0.837. The average molecular weight is 314 g/mol. The molecule has 1 heterocycles. The molecule has 7 heteroatoms. The van der Waals surface area contributed by atoms with E-state index in [1.165, 1.54) is 12.1 Å². The van der Waals surface area contributed by atoms with Gasteiger partial charge in [0.05, 0.1) is 11.7 Å². The van der Waals surface area contributed by atoms with E-state index >= 15 is 0 Å². The highest BCUT2D eigenvalue weighted by atomic mass is 19.4. The topological polar surface area (TPSA) is 52.6 Å². The summed E-state index contributed by atoms with van der Waals surface area (Å²) in [5, 5.41) is 12.1. The molecule has 2 aliphatic rings. The number of rotatable bonds is 1. The van der Waals surface area contributed by atoms with Crippen LogP contribution in [0.1, 0.15) is 18.4 Å². The maximum atomic E-state index is 12.7. The molecule has 0 bridgehead atoms. The smallest absolute Gasteiger partial charge is 0.393 e. The summed E-state index contributed by atoms with van der Waals surface area (Å²) in [4.78, 5) is 13.8. The van der Waals surface area contributed by atoms with Crippen LogP contribution in [0.5, 0.6) is 0 Å². The van der Waals surface area contributed by atoms with Crippen LogP contribution < -0.4 is 5.32 Å². The lowest BCUT2D eigenvalue weighted by Gasteiger charge is -2.19. The number of nitrogens with zero attached hydrogens (tertiary/aromatic N) is 1. The van der Waals surface area contributed by atoms with Crippen LogP contribution in [-0.2, 0) is 6.18 Å². The number of anilines is 1. The molecule has 2 fully saturated rings. The number of amides is 2. The molecule has 1 aromatic rings. The van der Waals surface area contributed by atoms with Crippen LogP contribution in [0.4, 0.5) is 23.7 Å². The van der Waals surface area contributed by atoms with Crippen molar-refractivity contribution < 1.29 is 23.1 Å². The number of aliphatic hydroxyl groups excluding tert-OH is 1. The Kier molecular flexibility index (Phi) is 3.76. The van der Waals surface area contributed by atoms with Crippen LogP contribution in [0, 0.1) is 11.8 Å². The lowest BCUT2D eigenvalue weighted by atomic mass is 10.0. The van der Waals surface area contributed by atoms with E-state index < -0.39 is 11.7 Å². The van der Waals surface area contributed by atoms with E-state index in [9.17, 15) is 23.1 Å². The summed E-state index contributed by atoms with van der Waals surface area (Å²) in [5.74, 6) is 0.588. The van der Waals surface area contributed by atoms with Gasteiger partial charge in [-0.3, -0.25) is 0 Å². The number of likely N-dealkylation sites (tertiary alicyclic amines) is 1. The number of alkyl halides is 3. The Morgan fingerprint density at radius 2 is 1.86 bits per heavy atom. The fourth-order valence-corrected chi connectivity index (χ4v) is 3.41. The van der Waals surface area contributed by atoms with Crippen LogP contribution >= 0.6 is 0 Å². The molecule has 1 saturated carbocycles. The first-order valence-electron chi connectivity index (χ1n) is 7.24.